The third-order valence-electron chi connectivity index (χ3n) is 4.91. The molecule has 1 fully saturated rings. The number of fused-ring (bicyclic) bond motifs is 1. The van der Waals surface area contributed by atoms with Gasteiger partial charge in [0.2, 0.25) is 5.54 Å². The number of rotatable bonds is 6. The second-order valence-corrected chi connectivity index (χ2v) is 7.05. The number of carbonyl (C=O) groups is 2. The quantitative estimate of drug-likeness (QED) is 0.477. The summed E-state index contributed by atoms with van der Waals surface area (Å²) < 4.78 is 49.8. The minimum absolute atomic E-state index is 0.00569. The average molecular weight is 418 g/mol. The van der Waals surface area contributed by atoms with Crippen LogP contribution in [0.25, 0.3) is 0 Å². The summed E-state index contributed by atoms with van der Waals surface area (Å²) in [4.78, 5) is 23.8. The van der Waals surface area contributed by atoms with Crippen molar-refractivity contribution in [3.8, 4) is 11.5 Å². The van der Waals surface area contributed by atoms with Crippen molar-refractivity contribution in [2.75, 3.05) is 19.6 Å². The van der Waals surface area contributed by atoms with Crippen molar-refractivity contribution in [1.29, 1.82) is 0 Å². The van der Waals surface area contributed by atoms with E-state index in [0.29, 0.717) is 18.3 Å². The summed E-state index contributed by atoms with van der Waals surface area (Å²) in [5.41, 5.74) is 1.95. The summed E-state index contributed by atoms with van der Waals surface area (Å²) in [5, 5.41) is 28.0. The minimum atomic E-state index is -5.14. The van der Waals surface area contributed by atoms with E-state index in [0.717, 1.165) is 4.90 Å². The lowest BCUT2D eigenvalue weighted by atomic mass is 9.78. The van der Waals surface area contributed by atoms with Crippen molar-refractivity contribution in [3.63, 3.8) is 0 Å². The van der Waals surface area contributed by atoms with Gasteiger partial charge in [0.1, 0.15) is 23.2 Å². The number of aromatic carboxylic acids is 1. The largest absolute Gasteiger partial charge is 0.535 e. The smallest absolute Gasteiger partial charge is 0.522 e. The molecule has 2 aliphatic heterocycles. The predicted molar refractivity (Wildman–Crippen MR) is 92.0 cm³/mol. The molecule has 1 aromatic rings. The first kappa shape index (κ1) is 21.2. The fourth-order valence-electron chi connectivity index (χ4n) is 3.25. The molecule has 2 heterocycles. The van der Waals surface area contributed by atoms with E-state index in [2.05, 4.69) is 0 Å². The van der Waals surface area contributed by atoms with Gasteiger partial charge in [0.15, 0.2) is 0 Å². The molecule has 3 rings (SSSR count). The van der Waals surface area contributed by atoms with Crippen LogP contribution >= 0.6 is 0 Å². The molecule has 9 nitrogen and oxygen atoms in total. The molecule has 1 aromatic carbocycles. The van der Waals surface area contributed by atoms with Crippen LogP contribution in [-0.4, -0.2) is 76.6 Å². The zero-order valence-corrected chi connectivity index (χ0v) is 15.0. The summed E-state index contributed by atoms with van der Waals surface area (Å²) >= 11 is 0. The predicted octanol–water partition coefficient (Wildman–Crippen LogP) is 0.208. The summed E-state index contributed by atoms with van der Waals surface area (Å²) in [6, 6.07) is 3.02. The monoisotopic (exact) mass is 418 g/mol. The fourth-order valence-corrected chi connectivity index (χ4v) is 3.25. The lowest BCUT2D eigenvalue weighted by molar-refractivity contribution is -0.208. The average Bonchev–Trinajstić information content (AvgIpc) is 2.57. The Labute approximate surface area is 162 Å². The van der Waals surface area contributed by atoms with Gasteiger partial charge in [-0.2, -0.15) is 13.2 Å². The molecule has 0 saturated carbocycles. The molecular formula is C16H18BF3N2O7. The highest BCUT2D eigenvalue weighted by atomic mass is 19.4. The van der Waals surface area contributed by atoms with E-state index in [4.69, 9.17) is 20.2 Å². The Morgan fingerprint density at radius 2 is 1.97 bits per heavy atom. The van der Waals surface area contributed by atoms with Crippen LogP contribution in [0.15, 0.2) is 12.1 Å². The van der Waals surface area contributed by atoms with Crippen LogP contribution in [0.4, 0.5) is 13.2 Å². The summed E-state index contributed by atoms with van der Waals surface area (Å²) in [6.07, 6.45) is -5.07. The number of aliphatic carboxylic acids is 1. The molecule has 29 heavy (non-hydrogen) atoms. The molecule has 1 saturated heterocycles. The van der Waals surface area contributed by atoms with Crippen molar-refractivity contribution >= 4 is 19.1 Å². The molecule has 13 heteroatoms. The number of carboxylic acid groups (broad SMARTS) is 2. The van der Waals surface area contributed by atoms with E-state index in [1.54, 1.807) is 6.07 Å². The van der Waals surface area contributed by atoms with Crippen LogP contribution in [0.1, 0.15) is 15.9 Å². The Morgan fingerprint density at radius 3 is 2.52 bits per heavy atom. The van der Waals surface area contributed by atoms with Gasteiger partial charge in [0.05, 0.1) is 0 Å². The number of ether oxygens (including phenoxy) is 1. The molecule has 0 radical (unpaired) electrons. The van der Waals surface area contributed by atoms with E-state index in [-0.39, 0.29) is 30.2 Å². The molecule has 2 aliphatic rings. The second kappa shape index (κ2) is 7.39. The van der Waals surface area contributed by atoms with Gasteiger partial charge < -0.3 is 30.4 Å². The highest BCUT2D eigenvalue weighted by Crippen LogP contribution is 2.38. The number of benzene rings is 1. The molecular weight excluding hydrogens is 400 g/mol. The molecule has 1 atom stereocenters. The Hall–Kier alpha value is -2.51. The lowest BCUT2D eigenvalue weighted by Gasteiger charge is -2.43. The van der Waals surface area contributed by atoms with Gasteiger partial charge in [0, 0.05) is 19.6 Å². The highest BCUT2D eigenvalue weighted by molar-refractivity contribution is 6.44. The van der Waals surface area contributed by atoms with Crippen LogP contribution in [0.5, 0.6) is 11.5 Å². The third-order valence-corrected chi connectivity index (χ3v) is 4.91. The van der Waals surface area contributed by atoms with Crippen molar-refractivity contribution in [3.05, 3.63) is 23.3 Å². The van der Waals surface area contributed by atoms with E-state index in [1.807, 2.05) is 0 Å². The Bertz CT molecular complexity index is 831. The first-order chi connectivity index (χ1) is 13.4. The molecule has 1 unspecified atom stereocenters. The van der Waals surface area contributed by atoms with Crippen molar-refractivity contribution in [2.45, 2.75) is 30.6 Å². The van der Waals surface area contributed by atoms with Crippen LogP contribution in [-0.2, 0) is 11.2 Å². The van der Waals surface area contributed by atoms with Gasteiger partial charge in [-0.15, -0.1) is 0 Å². The molecule has 0 amide bonds. The highest BCUT2D eigenvalue weighted by Gasteiger charge is 2.59. The fraction of sp³-hybridized carbons (Fsp3) is 0.500. The maximum atomic E-state index is 13.0. The van der Waals surface area contributed by atoms with E-state index < -0.39 is 43.4 Å². The van der Waals surface area contributed by atoms with E-state index in [1.165, 1.54) is 6.07 Å². The number of carboxylic acids is 2. The number of likely N-dealkylation sites (tertiary alicyclic amines) is 1. The number of hydrogen-bond acceptors (Lipinski definition) is 7. The van der Waals surface area contributed by atoms with Crippen LogP contribution in [0.2, 0.25) is 6.32 Å². The first-order valence-electron chi connectivity index (χ1n) is 8.64. The number of aryl methyl sites for hydroxylation is 1. The van der Waals surface area contributed by atoms with Crippen LogP contribution in [0, 0.1) is 0 Å². The summed E-state index contributed by atoms with van der Waals surface area (Å²) in [6.45, 7) is -1.10. The van der Waals surface area contributed by atoms with Gasteiger partial charge in [-0.3, -0.25) is 4.90 Å². The topological polar surface area (TPSA) is 143 Å². The van der Waals surface area contributed by atoms with Crippen LogP contribution in [0.3, 0.4) is 0 Å². The second-order valence-electron chi connectivity index (χ2n) is 7.05. The number of halogens is 3. The maximum Gasteiger partial charge on any atom is 0.522 e. The van der Waals surface area contributed by atoms with Crippen LogP contribution < -0.4 is 15.1 Å². The zero-order chi connectivity index (χ0) is 21.6. The standard InChI is InChI=1S/C16H18BF3N2O7/c18-16(19,20)15(21,14(25)26)7-22-5-9(6-22)28-10-2-1-8-3-4-17(27)29-12(8)11(10)13(23)24/h1-2,9,27H,3-7,21H2,(H,23,24)(H,25,26). The van der Waals surface area contributed by atoms with Crippen molar-refractivity contribution < 1.29 is 47.4 Å². The third kappa shape index (κ3) is 3.98. The van der Waals surface area contributed by atoms with Crippen molar-refractivity contribution in [1.82, 2.24) is 4.90 Å². The van der Waals surface area contributed by atoms with E-state index in [9.17, 15) is 32.9 Å². The molecule has 0 aliphatic carbocycles. The summed E-state index contributed by atoms with van der Waals surface area (Å²) in [5.74, 6) is -3.59. The minimum Gasteiger partial charge on any atom is -0.535 e. The van der Waals surface area contributed by atoms with Gasteiger partial charge in [-0.25, -0.2) is 9.59 Å². The normalized spacial score (nSPS) is 19.6. The number of alkyl halides is 3. The molecule has 0 aromatic heterocycles. The maximum absolute atomic E-state index is 13.0. The SMILES string of the molecule is NC(CN1CC(Oc2ccc3c(c2C(=O)O)OB(O)CC3)C1)(C(=O)O)C(F)(F)F. The van der Waals surface area contributed by atoms with E-state index >= 15 is 0 Å². The number of nitrogens with zero attached hydrogens (tertiary/aromatic N) is 1. The zero-order valence-electron chi connectivity index (χ0n) is 15.0. The van der Waals surface area contributed by atoms with Gasteiger partial charge in [-0.1, -0.05) is 6.07 Å². The first-order valence-corrected chi connectivity index (χ1v) is 8.64. The number of nitrogens with two attached hydrogens (primary N) is 1. The molecule has 5 N–H and O–H groups in total. The number of hydrogen-bond donors (Lipinski definition) is 4. The Morgan fingerprint density at radius 1 is 1.31 bits per heavy atom. The lowest BCUT2D eigenvalue weighted by Crippen LogP contribution is -2.69. The molecule has 158 valence electrons. The Balaban J connectivity index is 1.70. The van der Waals surface area contributed by atoms with Gasteiger partial charge >= 0.3 is 25.2 Å². The molecule has 0 spiro atoms. The summed E-state index contributed by atoms with van der Waals surface area (Å²) in [7, 11) is -1.15. The van der Waals surface area contributed by atoms with Gasteiger partial charge in [0.25, 0.3) is 0 Å². The van der Waals surface area contributed by atoms with Gasteiger partial charge in [-0.05, 0) is 24.4 Å². The van der Waals surface area contributed by atoms with Crippen molar-refractivity contribution in [2.24, 2.45) is 5.73 Å². The molecule has 0 bridgehead atoms. The Kier molecular flexibility index (Phi) is 5.41.